The van der Waals surface area contributed by atoms with Gasteiger partial charge in [-0.2, -0.15) is 4.31 Å². The Balaban J connectivity index is 1.31. The molecule has 5 rings (SSSR count). The lowest BCUT2D eigenvalue weighted by atomic mass is 9.96. The number of hydrogen-bond donors (Lipinski definition) is 1. The fourth-order valence-corrected chi connectivity index (χ4v) is 6.82. The zero-order valence-corrected chi connectivity index (χ0v) is 21.9. The molecule has 190 valence electrons. The quantitative estimate of drug-likeness (QED) is 0.533. The summed E-state index contributed by atoms with van der Waals surface area (Å²) in [5, 5.41) is 3.91. The molecular weight excluding hydrogens is 472 g/mol. The second kappa shape index (κ2) is 10.2. The first-order valence-corrected chi connectivity index (χ1v) is 14.3. The number of benzene rings is 2. The third kappa shape index (κ3) is 5.11. The molecule has 3 aromatic rings. The molecule has 1 N–H and O–H groups in total. The van der Waals surface area contributed by atoms with E-state index in [9.17, 15) is 13.2 Å². The van der Waals surface area contributed by atoms with Crippen LogP contribution in [0, 0.1) is 19.8 Å². The van der Waals surface area contributed by atoms with Crippen LogP contribution in [0.1, 0.15) is 43.2 Å². The smallest absolute Gasteiger partial charge is 0.243 e. The van der Waals surface area contributed by atoms with Crippen molar-refractivity contribution in [1.82, 2.24) is 9.29 Å². The van der Waals surface area contributed by atoms with Crippen molar-refractivity contribution in [3.8, 4) is 0 Å². The number of hydrogen-bond acceptors (Lipinski definition) is 5. The molecule has 1 amide bonds. The summed E-state index contributed by atoms with van der Waals surface area (Å²) in [6, 6.07) is 15.1. The summed E-state index contributed by atoms with van der Waals surface area (Å²) in [6.45, 7) is 6.68. The predicted molar refractivity (Wildman–Crippen MR) is 144 cm³/mol. The second-order valence-corrected chi connectivity index (χ2v) is 12.0. The van der Waals surface area contributed by atoms with E-state index in [0.29, 0.717) is 24.5 Å². The first-order valence-electron chi connectivity index (χ1n) is 12.9. The molecule has 0 spiro atoms. The van der Waals surface area contributed by atoms with Crippen LogP contribution >= 0.6 is 0 Å². The Bertz CT molecular complexity index is 1380. The van der Waals surface area contributed by atoms with E-state index in [4.69, 9.17) is 4.98 Å². The van der Waals surface area contributed by atoms with Gasteiger partial charge in [0.25, 0.3) is 0 Å². The van der Waals surface area contributed by atoms with Crippen LogP contribution in [0.4, 0.5) is 11.5 Å². The lowest BCUT2D eigenvalue weighted by Crippen LogP contribution is -2.41. The van der Waals surface area contributed by atoms with Crippen molar-refractivity contribution >= 4 is 38.3 Å². The Morgan fingerprint density at radius 2 is 1.75 bits per heavy atom. The molecule has 1 unspecified atom stereocenters. The number of carbonyl (C=O) groups is 1. The lowest BCUT2D eigenvalue weighted by Gasteiger charge is -2.33. The van der Waals surface area contributed by atoms with Crippen molar-refractivity contribution in [2.75, 3.05) is 36.4 Å². The number of sulfonamides is 1. The van der Waals surface area contributed by atoms with Crippen LogP contribution in [-0.2, 0) is 14.8 Å². The molecule has 1 aromatic heterocycles. The molecule has 36 heavy (non-hydrogen) atoms. The Hall–Kier alpha value is -2.97. The zero-order chi connectivity index (χ0) is 25.3. The third-order valence-electron chi connectivity index (χ3n) is 7.35. The molecule has 1 atom stereocenters. The van der Waals surface area contributed by atoms with Crippen molar-refractivity contribution in [2.24, 2.45) is 5.92 Å². The molecule has 2 saturated heterocycles. The molecule has 2 fully saturated rings. The van der Waals surface area contributed by atoms with Gasteiger partial charge in [-0.05, 0) is 81.5 Å². The van der Waals surface area contributed by atoms with Gasteiger partial charge in [0.1, 0.15) is 5.82 Å². The van der Waals surface area contributed by atoms with Crippen LogP contribution < -0.4 is 10.2 Å². The van der Waals surface area contributed by atoms with E-state index in [2.05, 4.69) is 16.3 Å². The summed E-state index contributed by atoms with van der Waals surface area (Å²) in [4.78, 5) is 20.3. The van der Waals surface area contributed by atoms with Crippen molar-refractivity contribution in [3.63, 3.8) is 0 Å². The minimum Gasteiger partial charge on any atom is -0.356 e. The largest absolute Gasteiger partial charge is 0.356 e. The molecule has 0 bridgehead atoms. The highest BCUT2D eigenvalue weighted by molar-refractivity contribution is 7.89. The first-order chi connectivity index (χ1) is 17.3. The van der Waals surface area contributed by atoms with Crippen LogP contribution in [0.25, 0.3) is 10.9 Å². The highest BCUT2D eigenvalue weighted by Gasteiger charge is 2.28. The fourth-order valence-electron chi connectivity index (χ4n) is 5.27. The lowest BCUT2D eigenvalue weighted by molar-refractivity contribution is -0.120. The third-order valence-corrected chi connectivity index (χ3v) is 9.25. The maximum Gasteiger partial charge on any atom is 0.243 e. The van der Waals surface area contributed by atoms with E-state index in [1.54, 1.807) is 22.5 Å². The Morgan fingerprint density at radius 1 is 0.944 bits per heavy atom. The predicted octanol–water partition coefficient (Wildman–Crippen LogP) is 4.88. The fraction of sp³-hybridized carbons (Fsp3) is 0.429. The standard InChI is InChI=1S/C28H34N4O3S/c1-20-8-11-25(21(2)17-20)30-28(33)23-7-6-14-31(19-23)27-13-9-22-18-24(10-12-26(22)29-27)36(34,35)32-15-4-3-5-16-32/h8-13,17-18,23H,3-7,14-16,19H2,1-2H3,(H,30,33). The van der Waals surface area contributed by atoms with Gasteiger partial charge < -0.3 is 10.2 Å². The Kier molecular flexibility index (Phi) is 6.99. The van der Waals surface area contributed by atoms with Crippen LogP contribution in [0.3, 0.4) is 0 Å². The van der Waals surface area contributed by atoms with Gasteiger partial charge in [-0.25, -0.2) is 13.4 Å². The number of carbonyl (C=O) groups excluding carboxylic acids is 1. The number of nitrogens with one attached hydrogen (secondary N) is 1. The maximum atomic E-state index is 13.1. The number of rotatable bonds is 5. The molecule has 2 aromatic carbocycles. The number of pyridine rings is 1. The van der Waals surface area contributed by atoms with E-state index < -0.39 is 10.0 Å². The average Bonchev–Trinajstić information content (AvgIpc) is 2.90. The molecule has 3 heterocycles. The minimum absolute atomic E-state index is 0.0417. The Labute approximate surface area is 213 Å². The van der Waals surface area contributed by atoms with Gasteiger partial charge in [-0.15, -0.1) is 0 Å². The topological polar surface area (TPSA) is 82.6 Å². The number of amides is 1. The van der Waals surface area contributed by atoms with Crippen LogP contribution in [0.5, 0.6) is 0 Å². The summed E-state index contributed by atoms with van der Waals surface area (Å²) < 4.78 is 27.7. The molecule has 0 aliphatic carbocycles. The average molecular weight is 507 g/mol. The normalized spacial score (nSPS) is 19.4. The second-order valence-electron chi connectivity index (χ2n) is 10.1. The number of aryl methyl sites for hydroxylation is 2. The van der Waals surface area contributed by atoms with Gasteiger partial charge >= 0.3 is 0 Å². The van der Waals surface area contributed by atoms with E-state index in [0.717, 1.165) is 66.6 Å². The zero-order valence-electron chi connectivity index (χ0n) is 21.0. The number of aromatic nitrogens is 1. The molecule has 0 saturated carbocycles. The number of anilines is 2. The van der Waals surface area contributed by atoms with Gasteiger partial charge in [0, 0.05) is 37.3 Å². The van der Waals surface area contributed by atoms with Gasteiger partial charge in [-0.1, -0.05) is 24.1 Å². The highest BCUT2D eigenvalue weighted by atomic mass is 32.2. The first kappa shape index (κ1) is 24.7. The minimum atomic E-state index is -3.48. The molecule has 8 heteroatoms. The van der Waals surface area contributed by atoms with E-state index in [1.165, 1.54) is 5.56 Å². The molecule has 2 aliphatic rings. The summed E-state index contributed by atoms with van der Waals surface area (Å²) in [7, 11) is -3.48. The number of fused-ring (bicyclic) bond motifs is 1. The monoisotopic (exact) mass is 506 g/mol. The molecule has 7 nitrogen and oxygen atoms in total. The number of piperidine rings is 2. The van der Waals surface area contributed by atoms with Crippen molar-refractivity contribution in [1.29, 1.82) is 0 Å². The molecule has 2 aliphatic heterocycles. The summed E-state index contributed by atoms with van der Waals surface area (Å²) in [6.07, 6.45) is 4.67. The van der Waals surface area contributed by atoms with Crippen LogP contribution in [0.2, 0.25) is 0 Å². The SMILES string of the molecule is Cc1ccc(NC(=O)C2CCCN(c3ccc4cc(S(=O)(=O)N5CCCCC5)ccc4n3)C2)c(C)c1. The van der Waals surface area contributed by atoms with Gasteiger partial charge in [0.2, 0.25) is 15.9 Å². The van der Waals surface area contributed by atoms with Crippen LogP contribution in [0.15, 0.2) is 53.4 Å². The summed E-state index contributed by atoms with van der Waals surface area (Å²) in [5.74, 6) is 0.743. The summed E-state index contributed by atoms with van der Waals surface area (Å²) in [5.41, 5.74) is 3.86. The van der Waals surface area contributed by atoms with Crippen molar-refractivity contribution in [3.05, 3.63) is 59.7 Å². The summed E-state index contributed by atoms with van der Waals surface area (Å²) >= 11 is 0. The Morgan fingerprint density at radius 3 is 2.53 bits per heavy atom. The van der Waals surface area contributed by atoms with E-state index >= 15 is 0 Å². The van der Waals surface area contributed by atoms with E-state index in [1.807, 2.05) is 38.1 Å². The number of nitrogens with zero attached hydrogens (tertiary/aromatic N) is 3. The van der Waals surface area contributed by atoms with Gasteiger partial charge in [-0.3, -0.25) is 4.79 Å². The van der Waals surface area contributed by atoms with Crippen molar-refractivity contribution in [2.45, 2.75) is 50.8 Å². The van der Waals surface area contributed by atoms with Gasteiger partial charge in [0.15, 0.2) is 0 Å². The van der Waals surface area contributed by atoms with Crippen LogP contribution in [-0.4, -0.2) is 49.8 Å². The van der Waals surface area contributed by atoms with Gasteiger partial charge in [0.05, 0.1) is 16.3 Å². The molecule has 0 radical (unpaired) electrons. The highest BCUT2D eigenvalue weighted by Crippen LogP contribution is 2.28. The van der Waals surface area contributed by atoms with E-state index in [-0.39, 0.29) is 11.8 Å². The maximum absolute atomic E-state index is 13.1. The molecular formula is C28H34N4O3S. The van der Waals surface area contributed by atoms with Crippen molar-refractivity contribution < 1.29 is 13.2 Å².